The van der Waals surface area contributed by atoms with E-state index < -0.39 is 101 Å². The second-order valence-electron chi connectivity index (χ2n) is 15.4. The van der Waals surface area contributed by atoms with Gasteiger partial charge in [0.2, 0.25) is 23.7 Å². The van der Waals surface area contributed by atoms with Gasteiger partial charge in [-0.3, -0.25) is 25.5 Å². The minimum Gasteiger partial charge on any atom is -0.481 e. The van der Waals surface area contributed by atoms with Crippen LogP contribution in [0.1, 0.15) is 44.1 Å². The predicted octanol–water partition coefficient (Wildman–Crippen LogP) is 7.05. The Labute approximate surface area is 452 Å². The van der Waals surface area contributed by atoms with Crippen LogP contribution < -0.4 is 39.0 Å². The number of pyridine rings is 1. The standard InChI is InChI=1S/C15H16F3N5O4S.C15H18N6O6S.C14H7ClF3NO5/c1-9-19-12(22-14(20-9)27-2)21-13(24)23-28(25,26)11-6-4-3-5-10(11)7-8-15(16,17)18;1-21(2)13(22)9-6-5-7-16-12(9)28(24,25)20-15(23)19-14-17-10(26-3)8-11(18-14)27-4;15-10-5-7(14(16,17)18)1-4-12(10)24-8-2-3-11(19(22)23)9(6-8)13(20)21/h3-6H,7-8H2,1-2H3,(H2,19,20,21,22,23,24);5-8H,1-4H3,(H2,17,18,19,20,23);1-6H,(H,20,21). The lowest BCUT2D eigenvalue weighted by Gasteiger charge is -2.14. The number of anilines is 2. The summed E-state index contributed by atoms with van der Waals surface area (Å²) in [5.41, 5.74) is -2.51. The number of carbonyl (C=O) groups is 4. The molecule has 5 N–H and O–H groups in total. The van der Waals surface area contributed by atoms with Gasteiger partial charge >= 0.3 is 36.4 Å². The van der Waals surface area contributed by atoms with E-state index in [1.807, 2.05) is 0 Å². The Kier molecular flexibility index (Phi) is 21.3. The van der Waals surface area contributed by atoms with Gasteiger partial charge in [0.15, 0.2) is 5.03 Å². The lowest BCUT2D eigenvalue weighted by Crippen LogP contribution is -2.36. The normalized spacial score (nSPS) is 11.2. The fourth-order valence-electron chi connectivity index (χ4n) is 5.93. The summed E-state index contributed by atoms with van der Waals surface area (Å²) < 4.78 is 148. The van der Waals surface area contributed by atoms with Gasteiger partial charge in [-0.15, -0.1) is 0 Å². The smallest absolute Gasteiger partial charge is 0.416 e. The van der Waals surface area contributed by atoms with Crippen molar-refractivity contribution in [1.82, 2.24) is 44.2 Å². The van der Waals surface area contributed by atoms with E-state index in [4.69, 9.17) is 35.7 Å². The molecule has 0 saturated carbocycles. The van der Waals surface area contributed by atoms with Crippen molar-refractivity contribution in [2.75, 3.05) is 46.1 Å². The maximum atomic E-state index is 12.6. The zero-order valence-corrected chi connectivity index (χ0v) is 44.1. The van der Waals surface area contributed by atoms with Crippen LogP contribution in [0.15, 0.2) is 95.0 Å². The third-order valence-corrected chi connectivity index (χ3v) is 12.4. The topological polar surface area (TPSA) is 366 Å². The summed E-state index contributed by atoms with van der Waals surface area (Å²) in [6.07, 6.45) is -9.58. The first-order valence-corrected chi connectivity index (χ1v) is 24.9. The zero-order valence-electron chi connectivity index (χ0n) is 41.7. The van der Waals surface area contributed by atoms with Crippen LogP contribution in [0, 0.1) is 17.0 Å². The van der Waals surface area contributed by atoms with Gasteiger partial charge < -0.3 is 29.0 Å². The number of carboxylic acids is 1. The lowest BCUT2D eigenvalue weighted by atomic mass is 10.1. The first-order chi connectivity index (χ1) is 37.3. The van der Waals surface area contributed by atoms with Crippen molar-refractivity contribution in [2.45, 2.75) is 42.0 Å². The number of carboxylic acid groups (broad SMARTS) is 1. The SMILES string of the molecule is COc1cc(OC)nc(NC(=O)NS(=O)(=O)c2ncccc2C(=O)N(C)C)n1.COc1nc(C)nc(NC(=O)NS(=O)(=O)c2ccccc2CCC(F)(F)F)n1.O=C(O)c1cc(Oc2ccc(C(F)(F)F)cc2Cl)ccc1[N+](=O)[O-]. The van der Waals surface area contributed by atoms with Crippen LogP contribution in [0.2, 0.25) is 5.02 Å². The highest BCUT2D eigenvalue weighted by atomic mass is 35.5. The van der Waals surface area contributed by atoms with Crippen LogP contribution in [0.25, 0.3) is 0 Å². The van der Waals surface area contributed by atoms with Crippen molar-refractivity contribution < 1.29 is 91.3 Å². The molecule has 3 heterocycles. The number of benzene rings is 3. The number of urea groups is 2. The number of rotatable bonds is 16. The van der Waals surface area contributed by atoms with Gasteiger partial charge in [0.1, 0.15) is 22.9 Å². The van der Waals surface area contributed by atoms with Crippen LogP contribution in [-0.4, -0.2) is 127 Å². The largest absolute Gasteiger partial charge is 0.481 e. The number of aryl methyl sites for hydroxylation is 2. The fourth-order valence-corrected chi connectivity index (χ4v) is 8.36. The first kappa shape index (κ1) is 63.3. The Bertz CT molecular complexity index is 3490. The minimum absolute atomic E-state index is 0.0715. The number of halogens is 7. The van der Waals surface area contributed by atoms with E-state index in [0.29, 0.717) is 6.07 Å². The van der Waals surface area contributed by atoms with Crippen molar-refractivity contribution in [3.05, 3.63) is 128 Å². The van der Waals surface area contributed by atoms with Gasteiger partial charge in [0.05, 0.1) is 53.4 Å². The molecule has 0 aliphatic carbocycles. The van der Waals surface area contributed by atoms with Gasteiger partial charge in [0, 0.05) is 38.8 Å². The first-order valence-electron chi connectivity index (χ1n) is 21.6. The second-order valence-corrected chi connectivity index (χ2v) is 19.0. The number of nitrogens with zero attached hydrogens (tertiary/aromatic N) is 8. The summed E-state index contributed by atoms with van der Waals surface area (Å²) in [5, 5.41) is 23.1. The Hall–Kier alpha value is -9.25. The summed E-state index contributed by atoms with van der Waals surface area (Å²) in [4.78, 5) is 80.8. The van der Waals surface area contributed by atoms with Crippen molar-refractivity contribution in [3.63, 3.8) is 0 Å². The van der Waals surface area contributed by atoms with E-state index in [0.717, 1.165) is 36.4 Å². The van der Waals surface area contributed by atoms with Gasteiger partial charge in [-0.05, 0) is 61.4 Å². The summed E-state index contributed by atoms with van der Waals surface area (Å²) in [7, 11) is -1.99. The van der Waals surface area contributed by atoms with Gasteiger partial charge in [-0.25, -0.2) is 37.2 Å². The Morgan fingerprint density at radius 3 is 1.89 bits per heavy atom. The van der Waals surface area contributed by atoms with E-state index in [1.54, 1.807) is 9.44 Å². The van der Waals surface area contributed by atoms with Gasteiger partial charge in [-0.2, -0.15) is 59.7 Å². The Morgan fingerprint density at radius 2 is 1.35 bits per heavy atom. The Morgan fingerprint density at radius 1 is 0.750 bits per heavy atom. The van der Waals surface area contributed by atoms with E-state index in [1.165, 1.54) is 89.8 Å². The maximum absolute atomic E-state index is 12.6. The van der Waals surface area contributed by atoms with Crippen LogP contribution in [0.3, 0.4) is 0 Å². The van der Waals surface area contributed by atoms with Gasteiger partial charge in [0.25, 0.3) is 31.6 Å². The third kappa shape index (κ3) is 18.5. The lowest BCUT2D eigenvalue weighted by molar-refractivity contribution is -0.385. The molecule has 5 amide bonds. The van der Waals surface area contributed by atoms with Crippen molar-refractivity contribution in [3.8, 4) is 29.3 Å². The highest BCUT2D eigenvalue weighted by Crippen LogP contribution is 2.37. The number of alkyl halides is 6. The molecule has 36 heteroatoms. The molecular formula is C44H41ClF6N12O15S2. The molecule has 27 nitrogen and oxygen atoms in total. The monoisotopic (exact) mass is 1190 g/mol. The van der Waals surface area contributed by atoms with Crippen LogP contribution >= 0.6 is 11.6 Å². The molecule has 0 fully saturated rings. The summed E-state index contributed by atoms with van der Waals surface area (Å²) in [6.45, 7) is 1.50. The van der Waals surface area contributed by atoms with Crippen molar-refractivity contribution in [2.24, 2.45) is 0 Å². The molecule has 0 saturated heterocycles. The molecule has 0 aliphatic heterocycles. The molecule has 3 aromatic heterocycles. The van der Waals surface area contributed by atoms with Crippen molar-refractivity contribution in [1.29, 1.82) is 0 Å². The molecule has 0 unspecified atom stereocenters. The molecule has 80 heavy (non-hydrogen) atoms. The van der Waals surface area contributed by atoms with Crippen LogP contribution in [0.5, 0.6) is 29.3 Å². The van der Waals surface area contributed by atoms with Crippen molar-refractivity contribution >= 4 is 73.2 Å². The number of carbonyl (C=O) groups excluding carboxylic acids is 3. The second kappa shape index (κ2) is 26.9. The number of aromatic carboxylic acids is 1. The average Bonchev–Trinajstić information content (AvgIpc) is 3.37. The quantitative estimate of drug-likeness (QED) is 0.0368. The molecule has 3 aromatic carbocycles. The Balaban J connectivity index is 0.000000259. The molecular weight excluding hydrogens is 1150 g/mol. The fraction of sp³-hybridized carbons (Fsp3) is 0.227. The number of hydrogen-bond donors (Lipinski definition) is 5. The van der Waals surface area contributed by atoms with E-state index >= 15 is 0 Å². The molecule has 0 bridgehead atoms. The molecule has 0 atom stereocenters. The highest BCUT2D eigenvalue weighted by molar-refractivity contribution is 7.90. The molecule has 0 radical (unpaired) electrons. The molecule has 6 aromatic rings. The minimum atomic E-state index is -4.58. The number of ether oxygens (including phenoxy) is 4. The number of hydrogen-bond acceptors (Lipinski definition) is 20. The number of nitro groups is 1. The van der Waals surface area contributed by atoms with E-state index in [9.17, 15) is 72.5 Å². The van der Waals surface area contributed by atoms with Crippen LogP contribution in [0.4, 0.5) is 53.5 Å². The number of methoxy groups -OCH3 is 3. The number of sulfonamides is 2. The summed E-state index contributed by atoms with van der Waals surface area (Å²) in [5.74, 6) is -2.54. The predicted molar refractivity (Wildman–Crippen MR) is 265 cm³/mol. The molecule has 0 aliphatic rings. The zero-order chi connectivity index (χ0) is 59.9. The molecule has 6 rings (SSSR count). The number of nitro benzene ring substituents is 1. The van der Waals surface area contributed by atoms with E-state index in [2.05, 4.69) is 40.5 Å². The number of nitrogens with one attached hydrogen (secondary N) is 4. The third-order valence-electron chi connectivity index (χ3n) is 9.40. The number of amides is 5. The summed E-state index contributed by atoms with van der Waals surface area (Å²) >= 11 is 5.72. The average molecular weight is 1190 g/mol. The maximum Gasteiger partial charge on any atom is 0.416 e. The van der Waals surface area contributed by atoms with Gasteiger partial charge in [-0.1, -0.05) is 29.8 Å². The molecule has 428 valence electrons. The molecule has 0 spiro atoms. The highest BCUT2D eigenvalue weighted by Gasteiger charge is 2.32. The van der Waals surface area contributed by atoms with E-state index in [-0.39, 0.29) is 63.1 Å². The summed E-state index contributed by atoms with van der Waals surface area (Å²) in [6, 6.07) is 12.0. The number of aromatic nitrogens is 6. The van der Waals surface area contributed by atoms with Crippen LogP contribution in [-0.2, 0) is 32.6 Å².